The smallest absolute Gasteiger partial charge is 0.130 e. The summed E-state index contributed by atoms with van der Waals surface area (Å²) in [5.41, 5.74) is 0. The van der Waals surface area contributed by atoms with Crippen molar-refractivity contribution in [3.63, 3.8) is 0 Å². The molecule has 25 heavy (non-hydrogen) atoms. The Balaban J connectivity index is 1.97. The van der Waals surface area contributed by atoms with Gasteiger partial charge in [0.25, 0.3) is 0 Å². The molecule has 0 saturated carbocycles. The van der Waals surface area contributed by atoms with Crippen LogP contribution in [0, 0.1) is 11.8 Å². The van der Waals surface area contributed by atoms with Gasteiger partial charge in [-0.25, -0.2) is 0 Å². The van der Waals surface area contributed by atoms with Gasteiger partial charge in [0.1, 0.15) is 0 Å². The molecule has 7 heteroatoms. The number of nitrogens with zero attached hydrogens (tertiary/aromatic N) is 2. The Bertz CT molecular complexity index is 387. The SMILES string of the molecule is CC(C)CCCCCSSc1nnc(SSCCCCCC(C)C)s1. The fourth-order valence-corrected chi connectivity index (χ4v) is 8.10. The van der Waals surface area contributed by atoms with Crippen molar-refractivity contribution in [2.24, 2.45) is 11.8 Å². The van der Waals surface area contributed by atoms with Gasteiger partial charge < -0.3 is 0 Å². The zero-order valence-electron chi connectivity index (χ0n) is 16.2. The Kier molecular flexibility index (Phi) is 15.3. The Morgan fingerprint density at radius 2 is 1.12 bits per heavy atom. The highest BCUT2D eigenvalue weighted by Gasteiger charge is 2.06. The van der Waals surface area contributed by atoms with Gasteiger partial charge in [-0.15, -0.1) is 10.2 Å². The van der Waals surface area contributed by atoms with E-state index in [2.05, 4.69) is 37.9 Å². The molecule has 1 rings (SSSR count). The minimum atomic E-state index is 0.845. The zero-order valence-corrected chi connectivity index (χ0v) is 20.2. The van der Waals surface area contributed by atoms with Gasteiger partial charge in [-0.3, -0.25) is 0 Å². The van der Waals surface area contributed by atoms with Crippen LogP contribution in [0.25, 0.3) is 0 Å². The van der Waals surface area contributed by atoms with Crippen molar-refractivity contribution in [2.45, 2.75) is 87.7 Å². The number of unbranched alkanes of at least 4 members (excludes halogenated alkanes) is 4. The van der Waals surface area contributed by atoms with Gasteiger partial charge in [-0.05, 0) is 46.3 Å². The fraction of sp³-hybridized carbons (Fsp3) is 0.889. The van der Waals surface area contributed by atoms with Gasteiger partial charge in [-0.1, -0.05) is 99.1 Å². The lowest BCUT2D eigenvalue weighted by molar-refractivity contribution is 0.535. The molecule has 146 valence electrons. The fourth-order valence-electron chi connectivity index (χ4n) is 2.23. The highest BCUT2D eigenvalue weighted by atomic mass is 33.1. The van der Waals surface area contributed by atoms with Crippen LogP contribution in [0.5, 0.6) is 0 Å². The van der Waals surface area contributed by atoms with Gasteiger partial charge in [0.05, 0.1) is 0 Å². The third kappa shape index (κ3) is 14.7. The van der Waals surface area contributed by atoms with E-state index < -0.39 is 0 Å². The van der Waals surface area contributed by atoms with Crippen LogP contribution in [-0.2, 0) is 0 Å². The molecule has 0 radical (unpaired) electrons. The van der Waals surface area contributed by atoms with Gasteiger partial charge in [0.2, 0.25) is 0 Å². The monoisotopic (exact) mass is 438 g/mol. The van der Waals surface area contributed by atoms with E-state index in [0.29, 0.717) is 0 Å². The lowest BCUT2D eigenvalue weighted by Crippen LogP contribution is -1.87. The number of aromatic nitrogens is 2. The molecule has 2 nitrogen and oxygen atoms in total. The molecule has 1 aromatic rings. The first-order chi connectivity index (χ1) is 12.1. The number of hydrogen-bond acceptors (Lipinski definition) is 7. The average molecular weight is 439 g/mol. The standard InChI is InChI=1S/C18H34N2S5/c1-15(2)11-7-5-9-13-21-24-17-19-20-18(23-17)25-22-14-10-6-8-12-16(3)4/h15-16H,5-14H2,1-4H3. The Hall–Kier alpha value is 0.960. The van der Waals surface area contributed by atoms with Crippen LogP contribution in [0.2, 0.25) is 0 Å². The molecule has 0 aliphatic heterocycles. The van der Waals surface area contributed by atoms with E-state index in [1.54, 1.807) is 32.9 Å². The summed E-state index contributed by atoms with van der Waals surface area (Å²) in [7, 11) is 7.45. The van der Waals surface area contributed by atoms with Gasteiger partial charge >= 0.3 is 0 Å². The Morgan fingerprint density at radius 3 is 1.52 bits per heavy atom. The molecule has 0 aromatic carbocycles. The first-order valence-electron chi connectivity index (χ1n) is 9.50. The van der Waals surface area contributed by atoms with E-state index in [1.807, 2.05) is 21.6 Å². The predicted octanol–water partition coefficient (Wildman–Crippen LogP) is 8.45. The normalized spacial score (nSPS) is 11.8. The summed E-state index contributed by atoms with van der Waals surface area (Å²) in [4.78, 5) is 0. The van der Waals surface area contributed by atoms with Crippen molar-refractivity contribution in [2.75, 3.05) is 11.5 Å². The molecule has 0 unspecified atom stereocenters. The second kappa shape index (κ2) is 16.0. The molecule has 0 bridgehead atoms. The molecule has 0 fully saturated rings. The van der Waals surface area contributed by atoms with E-state index in [1.165, 1.54) is 62.9 Å². The predicted molar refractivity (Wildman–Crippen MR) is 123 cm³/mol. The van der Waals surface area contributed by atoms with Crippen LogP contribution in [0.15, 0.2) is 8.68 Å². The summed E-state index contributed by atoms with van der Waals surface area (Å²) >= 11 is 1.74. The molecule has 0 atom stereocenters. The molecular formula is C18H34N2S5. The molecule has 0 amide bonds. The van der Waals surface area contributed by atoms with Crippen molar-refractivity contribution in [3.05, 3.63) is 0 Å². The van der Waals surface area contributed by atoms with Crippen LogP contribution >= 0.6 is 54.5 Å². The topological polar surface area (TPSA) is 25.8 Å². The molecule has 0 spiro atoms. The second-order valence-corrected chi connectivity index (χ2v) is 13.4. The molecule has 0 aliphatic carbocycles. The maximum Gasteiger partial charge on any atom is 0.185 e. The minimum Gasteiger partial charge on any atom is -0.130 e. The van der Waals surface area contributed by atoms with Crippen LogP contribution < -0.4 is 0 Å². The van der Waals surface area contributed by atoms with Crippen LogP contribution in [0.3, 0.4) is 0 Å². The molecule has 0 saturated heterocycles. The molecule has 1 aromatic heterocycles. The largest absolute Gasteiger partial charge is 0.185 e. The summed E-state index contributed by atoms with van der Waals surface area (Å²) in [6.07, 6.45) is 10.8. The summed E-state index contributed by atoms with van der Waals surface area (Å²) in [5.74, 6) is 4.13. The van der Waals surface area contributed by atoms with Crippen molar-refractivity contribution in [1.82, 2.24) is 10.2 Å². The van der Waals surface area contributed by atoms with Crippen LogP contribution in [0.4, 0.5) is 0 Å². The van der Waals surface area contributed by atoms with Gasteiger partial charge in [0, 0.05) is 11.5 Å². The lowest BCUT2D eigenvalue weighted by atomic mass is 10.1. The average Bonchev–Trinajstić information content (AvgIpc) is 3.00. The molecule has 1 heterocycles. The third-order valence-electron chi connectivity index (χ3n) is 3.67. The summed E-state index contributed by atoms with van der Waals surface area (Å²) < 4.78 is 2.21. The first kappa shape index (κ1) is 24.0. The maximum atomic E-state index is 4.30. The van der Waals surface area contributed by atoms with E-state index in [-0.39, 0.29) is 0 Å². The maximum absolute atomic E-state index is 4.30. The molecule has 0 aliphatic rings. The van der Waals surface area contributed by atoms with Crippen LogP contribution in [0.1, 0.15) is 79.1 Å². The van der Waals surface area contributed by atoms with Crippen LogP contribution in [-0.4, -0.2) is 21.7 Å². The summed E-state index contributed by atoms with van der Waals surface area (Å²) in [6.45, 7) is 9.23. The number of rotatable bonds is 16. The quantitative estimate of drug-likeness (QED) is 0.190. The second-order valence-electron chi connectivity index (χ2n) is 7.13. The third-order valence-corrected chi connectivity index (χ3v) is 10.1. The van der Waals surface area contributed by atoms with E-state index in [4.69, 9.17) is 0 Å². The highest BCUT2D eigenvalue weighted by molar-refractivity contribution is 8.77. The van der Waals surface area contributed by atoms with Gasteiger partial charge in [0.15, 0.2) is 8.68 Å². The molecular weight excluding hydrogens is 405 g/mol. The summed E-state index contributed by atoms with van der Waals surface area (Å²) in [6, 6.07) is 0. The van der Waals surface area contributed by atoms with E-state index in [9.17, 15) is 0 Å². The van der Waals surface area contributed by atoms with E-state index in [0.717, 1.165) is 20.5 Å². The molecule has 0 N–H and O–H groups in total. The van der Waals surface area contributed by atoms with Gasteiger partial charge in [-0.2, -0.15) is 0 Å². The summed E-state index contributed by atoms with van der Waals surface area (Å²) in [5, 5.41) is 8.60. The minimum absolute atomic E-state index is 0.845. The Labute approximate surface area is 175 Å². The lowest BCUT2D eigenvalue weighted by Gasteiger charge is -2.03. The first-order valence-corrected chi connectivity index (χ1v) is 15.0. The van der Waals surface area contributed by atoms with Crippen molar-refractivity contribution in [1.29, 1.82) is 0 Å². The van der Waals surface area contributed by atoms with Crippen molar-refractivity contribution >= 4 is 54.5 Å². The van der Waals surface area contributed by atoms with E-state index >= 15 is 0 Å². The number of hydrogen-bond donors (Lipinski definition) is 0. The van der Waals surface area contributed by atoms with Crippen molar-refractivity contribution < 1.29 is 0 Å². The Morgan fingerprint density at radius 1 is 0.680 bits per heavy atom. The van der Waals surface area contributed by atoms with Crippen molar-refractivity contribution in [3.8, 4) is 0 Å². The highest BCUT2D eigenvalue weighted by Crippen LogP contribution is 2.39. The zero-order chi connectivity index (χ0) is 18.3.